The molecule has 8 heteroatoms. The monoisotopic (exact) mass is 387 g/mol. The number of aryl methyl sites for hydroxylation is 1. The van der Waals surface area contributed by atoms with Gasteiger partial charge in [-0.1, -0.05) is 12.1 Å². The predicted octanol–water partition coefficient (Wildman–Crippen LogP) is 1.84. The molecule has 0 aromatic heterocycles. The highest BCUT2D eigenvalue weighted by molar-refractivity contribution is 7.89. The standard InChI is InChI=1S/C19H21N3O4S/c1-14-3-2-4-15(11-14)21-7-9-22(10-8-21)27(24,25)16-5-6-18-17(12-16)20-19(23)13-26-18/h2-6,11-12H,7-10,13H2,1H3,(H,20,23). The van der Waals surface area contributed by atoms with Gasteiger partial charge in [0.15, 0.2) is 6.61 Å². The Labute approximate surface area is 158 Å². The minimum absolute atomic E-state index is 0.0555. The van der Waals surface area contributed by atoms with Gasteiger partial charge in [-0.2, -0.15) is 4.31 Å². The van der Waals surface area contributed by atoms with E-state index in [1.165, 1.54) is 22.0 Å². The summed E-state index contributed by atoms with van der Waals surface area (Å²) in [5.41, 5.74) is 2.69. The zero-order valence-electron chi connectivity index (χ0n) is 15.0. The van der Waals surface area contributed by atoms with Crippen LogP contribution in [0.5, 0.6) is 5.75 Å². The summed E-state index contributed by atoms with van der Waals surface area (Å²) >= 11 is 0. The van der Waals surface area contributed by atoms with E-state index in [9.17, 15) is 13.2 Å². The second kappa shape index (κ2) is 6.86. The molecular weight excluding hydrogens is 366 g/mol. The van der Waals surface area contributed by atoms with E-state index in [1.54, 1.807) is 6.07 Å². The van der Waals surface area contributed by atoms with E-state index >= 15 is 0 Å². The highest BCUT2D eigenvalue weighted by Crippen LogP contribution is 2.31. The van der Waals surface area contributed by atoms with Crippen molar-refractivity contribution >= 4 is 27.3 Å². The van der Waals surface area contributed by atoms with E-state index in [4.69, 9.17) is 4.74 Å². The highest BCUT2D eigenvalue weighted by atomic mass is 32.2. The van der Waals surface area contributed by atoms with Gasteiger partial charge < -0.3 is 15.0 Å². The molecule has 1 N–H and O–H groups in total. The summed E-state index contributed by atoms with van der Waals surface area (Å²) in [6.07, 6.45) is 0. The Kier molecular flexibility index (Phi) is 4.53. The van der Waals surface area contributed by atoms with Gasteiger partial charge in [-0.15, -0.1) is 0 Å². The number of piperazine rings is 1. The van der Waals surface area contributed by atoms with Crippen molar-refractivity contribution in [3.05, 3.63) is 48.0 Å². The first-order valence-electron chi connectivity index (χ1n) is 8.82. The molecule has 2 aliphatic rings. The quantitative estimate of drug-likeness (QED) is 0.869. The number of sulfonamides is 1. The Bertz CT molecular complexity index is 982. The summed E-state index contributed by atoms with van der Waals surface area (Å²) in [5.74, 6) is 0.196. The van der Waals surface area contributed by atoms with E-state index in [1.807, 2.05) is 25.1 Å². The molecule has 1 amide bonds. The molecule has 4 rings (SSSR count). The molecule has 2 aliphatic heterocycles. The first kappa shape index (κ1) is 17.8. The molecule has 0 radical (unpaired) electrons. The average molecular weight is 387 g/mol. The lowest BCUT2D eigenvalue weighted by atomic mass is 10.2. The van der Waals surface area contributed by atoms with Gasteiger partial charge in [-0.25, -0.2) is 8.42 Å². The lowest BCUT2D eigenvalue weighted by Crippen LogP contribution is -2.48. The molecule has 2 heterocycles. The number of ether oxygens (including phenoxy) is 1. The first-order chi connectivity index (χ1) is 12.9. The number of fused-ring (bicyclic) bond motifs is 1. The molecule has 0 bridgehead atoms. The molecular formula is C19H21N3O4S. The first-order valence-corrected chi connectivity index (χ1v) is 10.3. The zero-order chi connectivity index (χ0) is 19.0. The van der Waals surface area contributed by atoms with Gasteiger partial charge in [0.25, 0.3) is 5.91 Å². The van der Waals surface area contributed by atoms with Gasteiger partial charge in [-0.3, -0.25) is 4.79 Å². The maximum absolute atomic E-state index is 13.0. The predicted molar refractivity (Wildman–Crippen MR) is 103 cm³/mol. The molecule has 27 heavy (non-hydrogen) atoms. The topological polar surface area (TPSA) is 79.0 Å². The zero-order valence-corrected chi connectivity index (χ0v) is 15.8. The van der Waals surface area contributed by atoms with Crippen LogP contribution in [-0.4, -0.2) is 51.4 Å². The third-order valence-corrected chi connectivity index (χ3v) is 6.72. The van der Waals surface area contributed by atoms with Crippen molar-refractivity contribution in [2.75, 3.05) is 43.0 Å². The number of anilines is 2. The van der Waals surface area contributed by atoms with E-state index in [-0.39, 0.29) is 17.4 Å². The SMILES string of the molecule is Cc1cccc(N2CCN(S(=O)(=O)c3ccc4c(c3)NC(=O)CO4)CC2)c1. The lowest BCUT2D eigenvalue weighted by Gasteiger charge is -2.35. The summed E-state index contributed by atoms with van der Waals surface area (Å²) in [6.45, 7) is 4.08. The van der Waals surface area contributed by atoms with Crippen LogP contribution in [0.15, 0.2) is 47.4 Å². The molecule has 0 spiro atoms. The third-order valence-electron chi connectivity index (χ3n) is 4.83. The van der Waals surface area contributed by atoms with Crippen molar-refractivity contribution in [1.29, 1.82) is 0 Å². The Balaban J connectivity index is 1.51. The molecule has 142 valence electrons. The van der Waals surface area contributed by atoms with Gasteiger partial charge in [0, 0.05) is 31.9 Å². The Morgan fingerprint density at radius 1 is 1.04 bits per heavy atom. The minimum Gasteiger partial charge on any atom is -0.482 e. The van der Waals surface area contributed by atoms with Crippen LogP contribution < -0.4 is 15.0 Å². The van der Waals surface area contributed by atoms with Gasteiger partial charge in [0.1, 0.15) is 5.75 Å². The van der Waals surface area contributed by atoms with Gasteiger partial charge in [0.2, 0.25) is 10.0 Å². The van der Waals surface area contributed by atoms with E-state index in [0.29, 0.717) is 37.6 Å². The number of carbonyl (C=O) groups excluding carboxylic acids is 1. The van der Waals surface area contributed by atoms with Crippen LogP contribution in [-0.2, 0) is 14.8 Å². The number of hydrogen-bond acceptors (Lipinski definition) is 5. The fourth-order valence-corrected chi connectivity index (χ4v) is 4.83. The second-order valence-electron chi connectivity index (χ2n) is 6.72. The van der Waals surface area contributed by atoms with Gasteiger partial charge in [0.05, 0.1) is 10.6 Å². The number of benzene rings is 2. The minimum atomic E-state index is -3.63. The van der Waals surface area contributed by atoms with Crippen LogP contribution in [0, 0.1) is 6.92 Å². The summed E-state index contributed by atoms with van der Waals surface area (Å²) in [7, 11) is -3.63. The largest absolute Gasteiger partial charge is 0.482 e. The summed E-state index contributed by atoms with van der Waals surface area (Å²) in [6, 6.07) is 12.8. The molecule has 0 unspecified atom stereocenters. The molecule has 1 fully saturated rings. The average Bonchev–Trinajstić information content (AvgIpc) is 2.67. The van der Waals surface area contributed by atoms with Crippen LogP contribution >= 0.6 is 0 Å². The molecule has 0 aliphatic carbocycles. The Morgan fingerprint density at radius 2 is 1.81 bits per heavy atom. The van der Waals surface area contributed by atoms with E-state index in [2.05, 4.69) is 16.3 Å². The number of carbonyl (C=O) groups is 1. The summed E-state index contributed by atoms with van der Waals surface area (Å²) < 4.78 is 32.8. The number of amides is 1. The summed E-state index contributed by atoms with van der Waals surface area (Å²) in [5, 5.41) is 2.65. The van der Waals surface area contributed by atoms with Crippen LogP contribution in [0.2, 0.25) is 0 Å². The molecule has 2 aromatic carbocycles. The molecule has 7 nitrogen and oxygen atoms in total. The van der Waals surface area contributed by atoms with Crippen LogP contribution in [0.1, 0.15) is 5.56 Å². The van der Waals surface area contributed by atoms with Crippen molar-refractivity contribution in [3.63, 3.8) is 0 Å². The highest BCUT2D eigenvalue weighted by Gasteiger charge is 2.30. The maximum Gasteiger partial charge on any atom is 0.262 e. The lowest BCUT2D eigenvalue weighted by molar-refractivity contribution is -0.118. The van der Waals surface area contributed by atoms with Crippen molar-refractivity contribution < 1.29 is 17.9 Å². The van der Waals surface area contributed by atoms with E-state index in [0.717, 1.165) is 5.69 Å². The van der Waals surface area contributed by atoms with E-state index < -0.39 is 10.0 Å². The Hall–Kier alpha value is -2.58. The van der Waals surface area contributed by atoms with Crippen molar-refractivity contribution in [1.82, 2.24) is 4.31 Å². The van der Waals surface area contributed by atoms with Gasteiger partial charge in [-0.05, 0) is 42.8 Å². The van der Waals surface area contributed by atoms with Crippen molar-refractivity contribution in [2.45, 2.75) is 11.8 Å². The maximum atomic E-state index is 13.0. The normalized spacial score (nSPS) is 17.8. The second-order valence-corrected chi connectivity index (χ2v) is 8.66. The smallest absolute Gasteiger partial charge is 0.262 e. The number of nitrogens with zero attached hydrogens (tertiary/aromatic N) is 2. The number of nitrogens with one attached hydrogen (secondary N) is 1. The van der Waals surface area contributed by atoms with Crippen LogP contribution in [0.3, 0.4) is 0 Å². The van der Waals surface area contributed by atoms with Crippen molar-refractivity contribution in [2.24, 2.45) is 0 Å². The number of rotatable bonds is 3. The molecule has 0 saturated carbocycles. The molecule has 1 saturated heterocycles. The fourth-order valence-electron chi connectivity index (χ4n) is 3.38. The van der Waals surface area contributed by atoms with Crippen LogP contribution in [0.25, 0.3) is 0 Å². The summed E-state index contributed by atoms with van der Waals surface area (Å²) in [4.78, 5) is 13.8. The Morgan fingerprint density at radius 3 is 2.56 bits per heavy atom. The molecule has 0 atom stereocenters. The van der Waals surface area contributed by atoms with Gasteiger partial charge >= 0.3 is 0 Å². The van der Waals surface area contributed by atoms with Crippen LogP contribution in [0.4, 0.5) is 11.4 Å². The molecule has 2 aromatic rings. The number of hydrogen-bond donors (Lipinski definition) is 1. The third kappa shape index (κ3) is 3.50. The van der Waals surface area contributed by atoms with Crippen molar-refractivity contribution in [3.8, 4) is 5.75 Å². The fraction of sp³-hybridized carbons (Fsp3) is 0.316.